The Kier molecular flexibility index (Phi) is 4.26. The molecule has 22 heavy (non-hydrogen) atoms. The van der Waals surface area contributed by atoms with Gasteiger partial charge in [-0.2, -0.15) is 0 Å². The number of primary amides is 1. The topological polar surface area (TPSA) is 95.7 Å². The van der Waals surface area contributed by atoms with Gasteiger partial charge in [0.2, 0.25) is 0 Å². The van der Waals surface area contributed by atoms with Gasteiger partial charge in [0.05, 0.1) is 6.54 Å². The van der Waals surface area contributed by atoms with E-state index in [-0.39, 0.29) is 6.54 Å². The van der Waals surface area contributed by atoms with Crippen molar-refractivity contribution in [1.29, 1.82) is 0 Å². The van der Waals surface area contributed by atoms with Gasteiger partial charge in [-0.3, -0.25) is 9.69 Å². The van der Waals surface area contributed by atoms with Crippen molar-refractivity contribution < 1.29 is 18.9 Å². The second kappa shape index (κ2) is 6.18. The van der Waals surface area contributed by atoms with Crippen LogP contribution in [-0.2, 0) is 20.7 Å². The minimum Gasteiger partial charge on any atom is -0.616 e. The fourth-order valence-corrected chi connectivity index (χ4v) is 4.17. The Labute approximate surface area is 131 Å². The second-order valence-electron chi connectivity index (χ2n) is 5.60. The zero-order chi connectivity index (χ0) is 15.7. The lowest BCUT2D eigenvalue weighted by atomic mass is 9.93. The summed E-state index contributed by atoms with van der Waals surface area (Å²) in [6.45, 7) is 0.149. The third-order valence-corrected chi connectivity index (χ3v) is 5.58. The molecule has 2 saturated heterocycles. The summed E-state index contributed by atoms with van der Waals surface area (Å²) in [5.41, 5.74) is 7.05. The first-order valence-electron chi connectivity index (χ1n) is 7.27. The van der Waals surface area contributed by atoms with E-state index in [1.54, 1.807) is 0 Å². The van der Waals surface area contributed by atoms with Crippen LogP contribution in [0.3, 0.4) is 0 Å². The van der Waals surface area contributed by atoms with Gasteiger partial charge in [-0.25, -0.2) is 4.79 Å². The van der Waals surface area contributed by atoms with Crippen molar-refractivity contribution >= 4 is 28.9 Å². The molecule has 6 nitrogen and oxygen atoms in total. The van der Waals surface area contributed by atoms with Gasteiger partial charge in [0.1, 0.15) is 11.5 Å². The number of benzene rings is 1. The molecule has 2 aliphatic rings. The van der Waals surface area contributed by atoms with E-state index in [9.17, 15) is 14.1 Å². The molecule has 1 aromatic carbocycles. The number of hydrogen-bond donors (Lipinski definition) is 1. The lowest BCUT2D eigenvalue weighted by molar-refractivity contribution is -0.124. The van der Waals surface area contributed by atoms with Crippen LogP contribution < -0.4 is 10.6 Å². The number of nitrogens with two attached hydrogens (primary N) is 1. The Morgan fingerprint density at radius 3 is 2.45 bits per heavy atom. The fourth-order valence-electron chi connectivity index (χ4n) is 2.88. The maximum Gasteiger partial charge on any atom is 0.415 e. The summed E-state index contributed by atoms with van der Waals surface area (Å²) in [6.07, 6.45) is 0.424. The molecule has 0 spiro atoms. The van der Waals surface area contributed by atoms with Gasteiger partial charge in [0, 0.05) is 5.69 Å². The molecule has 0 aliphatic carbocycles. The van der Waals surface area contributed by atoms with E-state index < -0.39 is 29.3 Å². The van der Waals surface area contributed by atoms with E-state index in [0.29, 0.717) is 11.6 Å². The quantitative estimate of drug-likeness (QED) is 0.844. The van der Waals surface area contributed by atoms with Gasteiger partial charge in [0.15, 0.2) is 6.10 Å². The average molecular weight is 322 g/mol. The zero-order valence-corrected chi connectivity index (χ0v) is 12.9. The highest BCUT2D eigenvalue weighted by atomic mass is 32.2. The zero-order valence-electron chi connectivity index (χ0n) is 12.1. The third kappa shape index (κ3) is 3.05. The van der Waals surface area contributed by atoms with Gasteiger partial charge in [-0.05, 0) is 36.5 Å². The van der Waals surface area contributed by atoms with Crippen LogP contribution in [0.1, 0.15) is 24.3 Å². The van der Waals surface area contributed by atoms with Crippen molar-refractivity contribution in [3.05, 3.63) is 29.8 Å². The van der Waals surface area contributed by atoms with Crippen LogP contribution in [0.4, 0.5) is 10.5 Å². The summed E-state index contributed by atoms with van der Waals surface area (Å²) in [7, 11) is 0. The molecule has 0 bridgehead atoms. The van der Waals surface area contributed by atoms with Gasteiger partial charge >= 0.3 is 6.09 Å². The van der Waals surface area contributed by atoms with E-state index in [4.69, 9.17) is 10.5 Å². The maximum absolute atomic E-state index is 11.8. The number of carbonyl (C=O) groups excluding carboxylic acids is 2. The van der Waals surface area contributed by atoms with Crippen molar-refractivity contribution in [2.75, 3.05) is 23.0 Å². The Morgan fingerprint density at radius 2 is 1.91 bits per heavy atom. The van der Waals surface area contributed by atoms with Crippen LogP contribution >= 0.6 is 0 Å². The van der Waals surface area contributed by atoms with Crippen molar-refractivity contribution in [3.8, 4) is 0 Å². The van der Waals surface area contributed by atoms with Gasteiger partial charge in [-0.15, -0.1) is 0 Å². The SMILES string of the molecule is NC(=O)C1CN(c2ccc([C@H]3CC[S@+]([O-])CC3)cc2)C(=O)O1. The van der Waals surface area contributed by atoms with Gasteiger partial charge in [0.25, 0.3) is 5.91 Å². The van der Waals surface area contributed by atoms with Crippen molar-refractivity contribution in [3.63, 3.8) is 0 Å². The first kappa shape index (κ1) is 15.2. The van der Waals surface area contributed by atoms with E-state index in [2.05, 4.69) is 0 Å². The number of hydrogen-bond acceptors (Lipinski definition) is 4. The van der Waals surface area contributed by atoms with Crippen LogP contribution in [0.2, 0.25) is 0 Å². The predicted octanol–water partition coefficient (Wildman–Crippen LogP) is 1.12. The normalized spacial score (nSPS) is 28.5. The average Bonchev–Trinajstić information content (AvgIpc) is 2.91. The molecular formula is C15H18N2O4S. The number of anilines is 1. The summed E-state index contributed by atoms with van der Waals surface area (Å²) in [5.74, 6) is 1.30. The minimum atomic E-state index is -0.888. The highest BCUT2D eigenvalue weighted by molar-refractivity contribution is 7.91. The molecule has 3 rings (SSSR count). The highest BCUT2D eigenvalue weighted by Gasteiger charge is 2.35. The number of cyclic esters (lactones) is 1. The van der Waals surface area contributed by atoms with Crippen molar-refractivity contribution in [2.24, 2.45) is 5.73 Å². The molecule has 2 amide bonds. The Hall–Kier alpha value is -1.73. The molecule has 7 heteroatoms. The minimum absolute atomic E-state index is 0.149. The van der Waals surface area contributed by atoms with Crippen LogP contribution in [0.25, 0.3) is 0 Å². The summed E-state index contributed by atoms with van der Waals surface area (Å²) in [6, 6.07) is 7.68. The molecule has 1 atom stereocenters. The molecule has 0 saturated carbocycles. The van der Waals surface area contributed by atoms with Crippen molar-refractivity contribution in [2.45, 2.75) is 24.9 Å². The van der Waals surface area contributed by atoms with E-state index in [1.807, 2.05) is 24.3 Å². The molecule has 2 fully saturated rings. The molecule has 0 radical (unpaired) electrons. The molecule has 1 aromatic rings. The van der Waals surface area contributed by atoms with Crippen LogP contribution in [0, 0.1) is 0 Å². The van der Waals surface area contributed by atoms with Gasteiger partial charge < -0.3 is 15.0 Å². The number of amides is 2. The molecule has 1 unspecified atom stereocenters. The molecule has 2 N–H and O–H groups in total. The summed E-state index contributed by atoms with van der Waals surface area (Å²) < 4.78 is 16.3. The third-order valence-electron chi connectivity index (χ3n) is 4.19. The second-order valence-corrected chi connectivity index (χ2v) is 7.30. The number of carbonyl (C=O) groups is 2. The molecular weight excluding hydrogens is 304 g/mol. The fraction of sp³-hybridized carbons (Fsp3) is 0.467. The largest absolute Gasteiger partial charge is 0.616 e. The highest BCUT2D eigenvalue weighted by Crippen LogP contribution is 2.31. The maximum atomic E-state index is 11.8. The smallest absolute Gasteiger partial charge is 0.415 e. The van der Waals surface area contributed by atoms with Crippen LogP contribution in [0.15, 0.2) is 24.3 Å². The molecule has 118 valence electrons. The summed E-state index contributed by atoms with van der Waals surface area (Å²) >= 11 is -0.667. The monoisotopic (exact) mass is 322 g/mol. The lowest BCUT2D eigenvalue weighted by Crippen LogP contribution is -2.32. The number of rotatable bonds is 3. The molecule has 2 heterocycles. The van der Waals surface area contributed by atoms with Crippen molar-refractivity contribution in [1.82, 2.24) is 0 Å². The Bertz CT molecular complexity index is 569. The molecule has 2 aliphatic heterocycles. The predicted molar refractivity (Wildman–Crippen MR) is 83.1 cm³/mol. The number of ether oxygens (including phenoxy) is 1. The van der Waals surface area contributed by atoms with E-state index in [0.717, 1.165) is 24.3 Å². The van der Waals surface area contributed by atoms with Crippen LogP contribution in [0.5, 0.6) is 0 Å². The number of nitrogens with zero attached hydrogens (tertiary/aromatic N) is 1. The van der Waals surface area contributed by atoms with E-state index >= 15 is 0 Å². The van der Waals surface area contributed by atoms with Gasteiger partial charge in [-0.1, -0.05) is 23.3 Å². The van der Waals surface area contributed by atoms with E-state index in [1.165, 1.54) is 10.5 Å². The first-order chi connectivity index (χ1) is 10.5. The first-order valence-corrected chi connectivity index (χ1v) is 8.76. The lowest BCUT2D eigenvalue weighted by Gasteiger charge is -2.24. The van der Waals surface area contributed by atoms with Crippen LogP contribution in [-0.4, -0.2) is 40.7 Å². The standard InChI is InChI=1S/C15H18N2O4S/c16-14(18)13-9-17(15(19)21-13)12-3-1-10(2-4-12)11-5-7-22(20)8-6-11/h1-4,11,13H,5-9H2,(H2,16,18)/t11-,13?,22-. The molecule has 0 aromatic heterocycles. The Morgan fingerprint density at radius 1 is 1.27 bits per heavy atom. The summed E-state index contributed by atoms with van der Waals surface area (Å²) in [4.78, 5) is 24.3. The Balaban J connectivity index is 1.69. The summed E-state index contributed by atoms with van der Waals surface area (Å²) in [5, 5.41) is 0.